The third-order valence-electron chi connectivity index (χ3n) is 5.24. The molecule has 1 aliphatic carbocycles. The highest BCUT2D eigenvalue weighted by Gasteiger charge is 2.44. The molecule has 3 rings (SSSR count). The lowest BCUT2D eigenvalue weighted by atomic mass is 9.68. The van der Waals surface area contributed by atoms with Gasteiger partial charge in [0.2, 0.25) is 0 Å². The number of carbonyl (C=O) groups is 2. The molecule has 30 heavy (non-hydrogen) atoms. The minimum absolute atomic E-state index is 0.0117. The van der Waals surface area contributed by atoms with Gasteiger partial charge in [0.05, 0.1) is 37.0 Å². The van der Waals surface area contributed by atoms with Crippen molar-refractivity contribution in [1.29, 1.82) is 0 Å². The quantitative estimate of drug-likeness (QED) is 0.503. The number of ketones is 1. The molecule has 0 aromatic carbocycles. The molecule has 1 aliphatic heterocycles. The standard InChI is InChI=1S/C22H28ClN3O4/c1-4-30-21(28)20-16(12-29-8-6-24)26-15-9-22(2,3)10-17(27)19(15)18(20)13-11-25-7-5-14(13)23/h5,7,11,18,26H,4,6,8-10,12,24H2,1-3H3. The molecule has 0 bridgehead atoms. The zero-order valence-electron chi connectivity index (χ0n) is 17.6. The van der Waals surface area contributed by atoms with Crippen molar-refractivity contribution in [3.05, 3.63) is 51.6 Å². The molecule has 0 saturated heterocycles. The van der Waals surface area contributed by atoms with Gasteiger partial charge < -0.3 is 20.5 Å². The summed E-state index contributed by atoms with van der Waals surface area (Å²) in [7, 11) is 0. The first-order valence-corrected chi connectivity index (χ1v) is 10.5. The SMILES string of the molecule is CCOC(=O)C1=C(COCCN)NC2=C(C(=O)CC(C)(C)C2)C1c1cnccc1Cl. The summed E-state index contributed by atoms with van der Waals surface area (Å²) < 4.78 is 11.0. The number of halogens is 1. The Bertz CT molecular complexity index is 907. The Hall–Kier alpha value is -2.22. The molecule has 7 nitrogen and oxygen atoms in total. The first-order chi connectivity index (χ1) is 14.3. The van der Waals surface area contributed by atoms with E-state index in [1.807, 2.05) is 0 Å². The van der Waals surface area contributed by atoms with Gasteiger partial charge in [0.1, 0.15) is 0 Å². The summed E-state index contributed by atoms with van der Waals surface area (Å²) in [6.07, 6.45) is 4.23. The normalized spacial score (nSPS) is 20.7. The summed E-state index contributed by atoms with van der Waals surface area (Å²) in [5.74, 6) is -1.19. The van der Waals surface area contributed by atoms with Crippen molar-refractivity contribution in [3.63, 3.8) is 0 Å². The van der Waals surface area contributed by atoms with Crippen molar-refractivity contribution >= 4 is 23.4 Å². The molecular formula is C22H28ClN3O4. The second kappa shape index (κ2) is 9.29. The van der Waals surface area contributed by atoms with Crippen LogP contribution in [-0.2, 0) is 19.1 Å². The van der Waals surface area contributed by atoms with E-state index in [0.29, 0.717) is 53.4 Å². The lowest BCUT2D eigenvalue weighted by Crippen LogP contribution is -2.40. The van der Waals surface area contributed by atoms with Gasteiger partial charge in [0.15, 0.2) is 5.78 Å². The number of hydrogen-bond donors (Lipinski definition) is 2. The third kappa shape index (κ3) is 4.58. The second-order valence-electron chi connectivity index (χ2n) is 8.24. The zero-order chi connectivity index (χ0) is 21.9. The highest BCUT2D eigenvalue weighted by Crippen LogP contribution is 2.47. The van der Waals surface area contributed by atoms with Crippen LogP contribution in [0.15, 0.2) is 41.0 Å². The number of allylic oxidation sites excluding steroid dienone is 2. The van der Waals surface area contributed by atoms with E-state index < -0.39 is 11.9 Å². The fourth-order valence-corrected chi connectivity index (χ4v) is 4.30. The van der Waals surface area contributed by atoms with E-state index in [4.69, 9.17) is 26.8 Å². The van der Waals surface area contributed by atoms with E-state index in [1.165, 1.54) is 0 Å². The number of aromatic nitrogens is 1. The molecule has 1 unspecified atom stereocenters. The molecule has 3 N–H and O–H groups in total. The predicted octanol–water partition coefficient (Wildman–Crippen LogP) is 2.86. The van der Waals surface area contributed by atoms with Gasteiger partial charge in [-0.3, -0.25) is 9.78 Å². The number of pyridine rings is 1. The Morgan fingerprint density at radius 1 is 1.40 bits per heavy atom. The molecule has 2 heterocycles. The highest BCUT2D eigenvalue weighted by atomic mass is 35.5. The van der Waals surface area contributed by atoms with Crippen LogP contribution in [0.25, 0.3) is 0 Å². The number of ether oxygens (including phenoxy) is 2. The van der Waals surface area contributed by atoms with E-state index in [9.17, 15) is 9.59 Å². The molecule has 1 atom stereocenters. The fourth-order valence-electron chi connectivity index (χ4n) is 4.08. The number of nitrogens with one attached hydrogen (secondary N) is 1. The van der Waals surface area contributed by atoms with Crippen LogP contribution in [0.4, 0.5) is 0 Å². The summed E-state index contributed by atoms with van der Waals surface area (Å²) in [5.41, 5.74) is 8.19. The number of Topliss-reactive ketones (excluding diaryl/α,β-unsaturated/α-hetero) is 1. The molecule has 0 amide bonds. The average Bonchev–Trinajstić information content (AvgIpc) is 2.66. The highest BCUT2D eigenvalue weighted by molar-refractivity contribution is 6.31. The second-order valence-corrected chi connectivity index (χ2v) is 8.65. The Balaban J connectivity index is 2.19. The van der Waals surface area contributed by atoms with Gasteiger partial charge in [-0.05, 0) is 24.8 Å². The number of carbonyl (C=O) groups excluding carboxylic acids is 2. The van der Waals surface area contributed by atoms with Crippen LogP contribution in [0.2, 0.25) is 5.02 Å². The van der Waals surface area contributed by atoms with E-state index in [1.54, 1.807) is 25.4 Å². The number of nitrogens with zero attached hydrogens (tertiary/aromatic N) is 1. The van der Waals surface area contributed by atoms with Crippen LogP contribution in [-0.4, -0.2) is 43.1 Å². The lowest BCUT2D eigenvalue weighted by molar-refractivity contribution is -0.139. The van der Waals surface area contributed by atoms with Gasteiger partial charge in [-0.2, -0.15) is 0 Å². The maximum atomic E-state index is 13.2. The van der Waals surface area contributed by atoms with Gasteiger partial charge in [-0.25, -0.2) is 4.79 Å². The summed E-state index contributed by atoms with van der Waals surface area (Å²) >= 11 is 6.50. The molecule has 8 heteroatoms. The summed E-state index contributed by atoms with van der Waals surface area (Å²) in [5, 5.41) is 3.75. The van der Waals surface area contributed by atoms with Gasteiger partial charge in [-0.1, -0.05) is 25.4 Å². The number of dihydropyridines is 1. The number of hydrogen-bond acceptors (Lipinski definition) is 7. The van der Waals surface area contributed by atoms with Gasteiger partial charge in [0, 0.05) is 47.2 Å². The molecule has 0 saturated carbocycles. The topological polar surface area (TPSA) is 104 Å². The van der Waals surface area contributed by atoms with Crippen molar-refractivity contribution < 1.29 is 19.1 Å². The van der Waals surface area contributed by atoms with Crippen molar-refractivity contribution in [2.45, 2.75) is 39.5 Å². The molecule has 0 radical (unpaired) electrons. The first kappa shape index (κ1) is 22.5. The maximum absolute atomic E-state index is 13.2. The Kier molecular flexibility index (Phi) is 6.95. The minimum Gasteiger partial charge on any atom is -0.463 e. The molecule has 162 valence electrons. The summed E-state index contributed by atoms with van der Waals surface area (Å²) in [6, 6.07) is 1.66. The average molecular weight is 434 g/mol. The Morgan fingerprint density at radius 2 is 2.17 bits per heavy atom. The largest absolute Gasteiger partial charge is 0.463 e. The van der Waals surface area contributed by atoms with E-state index in [2.05, 4.69) is 24.1 Å². The number of nitrogens with two attached hydrogens (primary N) is 1. The van der Waals surface area contributed by atoms with E-state index in [0.717, 1.165) is 5.70 Å². The smallest absolute Gasteiger partial charge is 0.336 e. The maximum Gasteiger partial charge on any atom is 0.336 e. The molecule has 2 aliphatic rings. The van der Waals surface area contributed by atoms with Gasteiger partial charge in [-0.15, -0.1) is 0 Å². The van der Waals surface area contributed by atoms with Crippen molar-refractivity contribution in [2.24, 2.45) is 11.1 Å². The summed E-state index contributed by atoms with van der Waals surface area (Å²) in [6.45, 7) is 6.90. The number of rotatable bonds is 7. The van der Waals surface area contributed by atoms with Crippen LogP contribution in [0.3, 0.4) is 0 Å². The molecular weight excluding hydrogens is 406 g/mol. The summed E-state index contributed by atoms with van der Waals surface area (Å²) in [4.78, 5) is 30.5. The van der Waals surface area contributed by atoms with E-state index >= 15 is 0 Å². The van der Waals surface area contributed by atoms with Crippen molar-refractivity contribution in [3.8, 4) is 0 Å². The van der Waals surface area contributed by atoms with Crippen LogP contribution in [0, 0.1) is 5.41 Å². The van der Waals surface area contributed by atoms with Crippen LogP contribution >= 0.6 is 11.6 Å². The monoisotopic (exact) mass is 433 g/mol. The number of esters is 1. The zero-order valence-corrected chi connectivity index (χ0v) is 18.3. The minimum atomic E-state index is -0.665. The third-order valence-corrected chi connectivity index (χ3v) is 5.58. The van der Waals surface area contributed by atoms with Crippen LogP contribution < -0.4 is 11.1 Å². The fraction of sp³-hybridized carbons (Fsp3) is 0.500. The van der Waals surface area contributed by atoms with Crippen LogP contribution in [0.5, 0.6) is 0 Å². The molecule has 0 spiro atoms. The first-order valence-electron chi connectivity index (χ1n) is 10.1. The Labute approximate surface area is 181 Å². The molecule has 0 fully saturated rings. The van der Waals surface area contributed by atoms with Crippen LogP contribution in [0.1, 0.15) is 45.1 Å². The van der Waals surface area contributed by atoms with E-state index in [-0.39, 0.29) is 24.4 Å². The predicted molar refractivity (Wildman–Crippen MR) is 114 cm³/mol. The Morgan fingerprint density at radius 3 is 2.83 bits per heavy atom. The van der Waals surface area contributed by atoms with Crippen molar-refractivity contribution in [1.82, 2.24) is 10.3 Å². The van der Waals surface area contributed by atoms with Gasteiger partial charge in [0.25, 0.3) is 0 Å². The molecule has 1 aromatic heterocycles. The van der Waals surface area contributed by atoms with Gasteiger partial charge >= 0.3 is 5.97 Å². The molecule has 1 aromatic rings. The van der Waals surface area contributed by atoms with Crippen molar-refractivity contribution in [2.75, 3.05) is 26.4 Å². The lowest BCUT2D eigenvalue weighted by Gasteiger charge is -2.40.